The number of hydrogen-bond donors (Lipinski definition) is 0. The predicted molar refractivity (Wildman–Crippen MR) is 483 cm³/mol. The molecular weight excluding hydrogens is 2190 g/mol. The van der Waals surface area contributed by atoms with Crippen LogP contribution in [0, 0.1) is 6.92 Å². The van der Waals surface area contributed by atoms with Crippen LogP contribution in [0.3, 0.4) is 0 Å². The topological polar surface area (TPSA) is 131 Å². The van der Waals surface area contributed by atoms with Crippen molar-refractivity contribution in [3.63, 3.8) is 0 Å². The third kappa shape index (κ3) is 22.2. The summed E-state index contributed by atoms with van der Waals surface area (Å²) in [5, 5.41) is 3.78. The Morgan fingerprint density at radius 2 is 0.420 bits per heavy atom. The minimum absolute atomic E-state index is 0.0152. The average molecular weight is 2260 g/mol. The monoisotopic (exact) mass is 2260 g/mol. The Labute approximate surface area is 778 Å². The lowest BCUT2D eigenvalue weighted by atomic mass is 10.1. The summed E-state index contributed by atoms with van der Waals surface area (Å²) in [6, 6.07) is 49.3. The number of nitrogens with zero attached hydrogens (tertiary/aromatic N) is 16. The number of aliphatic imine (C=N–C) groups is 4. The molecule has 64 heteroatoms. The molecule has 4 aromatic heterocycles. The van der Waals surface area contributed by atoms with E-state index >= 15 is 0 Å². The van der Waals surface area contributed by atoms with Gasteiger partial charge in [-0.3, -0.25) is 0 Å². The third-order valence-corrected chi connectivity index (χ3v) is 22.3. The summed E-state index contributed by atoms with van der Waals surface area (Å²) in [6.45, 7) is 13.4. The van der Waals surface area contributed by atoms with E-state index in [0.717, 1.165) is 66.6 Å². The largest absolute Gasteiger partial charge is 0.404 e. The lowest BCUT2D eigenvalue weighted by Gasteiger charge is -2.40. The zero-order valence-corrected chi connectivity index (χ0v) is 80.3. The van der Waals surface area contributed by atoms with Gasteiger partial charge in [0, 0.05) is 37.7 Å². The van der Waals surface area contributed by atoms with E-state index in [4.69, 9.17) is 39.9 Å². The number of amidine groups is 8. The number of halogens is 40. The smallest absolute Gasteiger partial charge is 0.192 e. The Hall–Kier alpha value is -11.5. The average Bonchev–Trinajstić information content (AvgIpc) is 1.46. The van der Waals surface area contributed by atoms with Gasteiger partial charge >= 0.3 is 32.3 Å². The molecule has 24 rings (SSSR count). The van der Waals surface area contributed by atoms with E-state index in [-0.39, 0.29) is 33.4 Å². The van der Waals surface area contributed by atoms with Gasteiger partial charge in [-0.15, -0.1) is 18.3 Å². The van der Waals surface area contributed by atoms with Crippen molar-refractivity contribution in [2.75, 3.05) is 37.5 Å². The first-order valence-electron chi connectivity index (χ1n) is 39.8. The standard InChI is InChI=1S/C34H17F5N8S.C33H15F5N8S.3C2H6.6CH3F5S/c1-16-14-17(48(35,36,37,38)39)15-24-25(16)33-43-31-23-13-7-6-12-22(23)29-41-27-19-9-3-2-8-18(19)26-40-28-20-10-4-5-11-21(20)30-42-32(24)47(33)34(44(26)27,45(28)30)46(29)31;34-47(35,36,37,38)16-13-14-23-24(15-16)32-42-30-22-12-6-5-11-21(22)28-40-26-18-8-2-1-7-17(18)25-39-27-19-9-3-4-10-20(19)29-41-31(23)46(32)33(43(25)26,44(27)29)45(28)30;3*1-2;6*1-7(2,3,4,5)6/h2-15H,1H3;1-15H;3*1-2H3;6*1H3/q2*+2;;;;;;;;;/t34-;33-;;;;;;;;;/m01........./s1. The van der Waals surface area contributed by atoms with E-state index in [2.05, 4.69) is 0 Å². The fourth-order valence-electron chi connectivity index (χ4n) is 16.6. The Bertz CT molecular complexity index is 8040. The maximum absolute atomic E-state index is 14.5. The zero-order chi connectivity index (χ0) is 108. The molecule has 12 aromatic rings. The molecule has 0 N–H and O–H groups in total. The summed E-state index contributed by atoms with van der Waals surface area (Å²) in [4.78, 5) is 37.3. The van der Waals surface area contributed by atoms with Crippen molar-refractivity contribution in [2.24, 2.45) is 39.9 Å². The van der Waals surface area contributed by atoms with E-state index < -0.39 is 141 Å². The van der Waals surface area contributed by atoms with Crippen molar-refractivity contribution >= 4 is 195 Å². The van der Waals surface area contributed by atoms with Gasteiger partial charge in [0.25, 0.3) is 108 Å². The molecule has 8 aromatic carbocycles. The number of fused-ring (bicyclic) bond motifs is 24. The highest BCUT2D eigenvalue weighted by atomic mass is 32.5. The molecule has 16 nitrogen and oxygen atoms in total. The Kier molecular flexibility index (Phi) is 20.0. The SMILES string of the molecule is CC.CC.CC.CS(F)(F)(F)(F)F.CS(F)(F)(F)(F)F.CS(F)(F)(F)(F)F.CS(F)(F)(F)(F)F.CS(F)(F)(F)(F)F.CS(F)(F)(F)(F)F.Cc1cc(S(F)(F)(F)(F)F)cc2c3n4c(c12)N=C1c2ccccc2C2=[N+]1[C@@]41n4c(c5ccccc5c4=N2)=NC2=[N+]1C(=N3)c1ccccc12.FS(F)(F)(F)(F)c1ccc2c3n4c(c2c1)N=C1c2ccccc2C2=[N+]1[C@]41n4c(c5ccccc5c4=N2)=NC2=[N+]1C(=N3)c1ccccc12. The lowest BCUT2D eigenvalue weighted by Crippen LogP contribution is -2.71. The van der Waals surface area contributed by atoms with Crippen LogP contribution < -0.4 is 22.0 Å². The van der Waals surface area contributed by atoms with E-state index in [1.54, 1.807) is 9.13 Å². The highest BCUT2D eigenvalue weighted by Crippen LogP contribution is 3.04. The molecule has 2 atom stereocenters. The van der Waals surface area contributed by atoms with Crippen LogP contribution in [0.25, 0.3) is 43.1 Å². The molecule has 16 heterocycles. The first-order valence-corrected chi connectivity index (χ1v) is 57.9. The van der Waals surface area contributed by atoms with Crippen molar-refractivity contribution in [1.82, 2.24) is 18.3 Å². The van der Waals surface area contributed by atoms with Gasteiger partial charge < -0.3 is 0 Å². The van der Waals surface area contributed by atoms with Crippen LogP contribution in [0.4, 0.5) is 179 Å². The first-order chi connectivity index (χ1) is 63.0. The quantitative estimate of drug-likeness (QED) is 0.121. The van der Waals surface area contributed by atoms with Gasteiger partial charge in [-0.1, -0.05) is 310 Å². The fraction of sp³-hybridized carbons (Fsp3) is 0.190. The lowest BCUT2D eigenvalue weighted by molar-refractivity contribution is -0.791. The summed E-state index contributed by atoms with van der Waals surface area (Å²) in [5.74, 6) is 2.24. The Balaban J connectivity index is 0.000000157. The van der Waals surface area contributed by atoms with E-state index in [1.165, 1.54) is 6.92 Å². The van der Waals surface area contributed by atoms with E-state index in [0.29, 0.717) is 115 Å². The molecule has 2 spiro atoms. The number of benzene rings is 8. The second-order valence-electron chi connectivity index (χ2n) is 33.2. The second kappa shape index (κ2) is 26.7. The van der Waals surface area contributed by atoms with Crippen LogP contribution in [0.2, 0.25) is 0 Å². The van der Waals surface area contributed by atoms with Gasteiger partial charge in [-0.05, 0) is 116 Å². The van der Waals surface area contributed by atoms with Gasteiger partial charge in [0.2, 0.25) is 45.2 Å². The highest BCUT2D eigenvalue weighted by molar-refractivity contribution is 8.47. The molecule has 0 unspecified atom stereocenters. The third-order valence-electron chi connectivity index (χ3n) is 20.1. The van der Waals surface area contributed by atoms with Crippen LogP contribution in [-0.4, -0.2) is 121 Å². The molecule has 12 aliphatic rings. The number of rotatable bonds is 2. The summed E-state index contributed by atoms with van der Waals surface area (Å²) >= 11 is 0. The molecule has 0 radical (unpaired) electrons. The number of hydrogen-bond acceptors (Lipinski definition) is 8. The summed E-state index contributed by atoms with van der Waals surface area (Å²) < 4.78 is 475. The summed E-state index contributed by atoms with van der Waals surface area (Å²) in [7, 11) is -74.0. The molecular formula is C79H68F40N16S8+4. The maximum Gasteiger partial charge on any atom is 0.404 e. The summed E-state index contributed by atoms with van der Waals surface area (Å²) in [6.07, 6.45) is -5.92. The van der Waals surface area contributed by atoms with Gasteiger partial charge in [0.15, 0.2) is 0 Å². The maximum atomic E-state index is 14.5. The molecule has 0 fully saturated rings. The van der Waals surface area contributed by atoms with Gasteiger partial charge in [-0.2, -0.15) is 18.3 Å². The van der Waals surface area contributed by atoms with Crippen molar-refractivity contribution < 1.29 is 174 Å². The van der Waals surface area contributed by atoms with Crippen LogP contribution in [0.15, 0.2) is 226 Å². The van der Waals surface area contributed by atoms with Crippen molar-refractivity contribution in [3.05, 3.63) is 248 Å². The molecule has 12 aliphatic heterocycles. The molecule has 0 aliphatic carbocycles. The van der Waals surface area contributed by atoms with Crippen molar-refractivity contribution in [1.29, 1.82) is 0 Å². The molecule has 0 saturated heterocycles. The molecule has 143 heavy (non-hydrogen) atoms. The van der Waals surface area contributed by atoms with Gasteiger partial charge in [0.05, 0.1) is 87.4 Å². The Morgan fingerprint density at radius 3 is 0.664 bits per heavy atom. The van der Waals surface area contributed by atoms with Crippen molar-refractivity contribution in [3.8, 4) is 0 Å². The molecule has 0 saturated carbocycles. The minimum Gasteiger partial charge on any atom is -0.192 e. The van der Waals surface area contributed by atoms with Gasteiger partial charge in [0.1, 0.15) is 9.79 Å². The predicted octanol–water partition coefficient (Wildman–Crippen LogP) is 33.6. The molecule has 788 valence electrons. The zero-order valence-electron chi connectivity index (χ0n) is 73.8. The second-order valence-corrected chi connectivity index (χ2v) is 54.2. The van der Waals surface area contributed by atoms with E-state index in [1.807, 2.05) is 215 Å². The van der Waals surface area contributed by atoms with Crippen LogP contribution in [0.5, 0.6) is 0 Å². The Morgan fingerprint density at radius 1 is 0.217 bits per heavy atom. The number of aryl methyl sites for hydroxylation is 1. The minimum atomic E-state index is -10.1. The fourth-order valence-corrected chi connectivity index (χ4v) is 18.0. The van der Waals surface area contributed by atoms with Crippen molar-refractivity contribution in [2.45, 2.75) is 70.1 Å². The normalized spacial score (nSPS) is 21.3. The van der Waals surface area contributed by atoms with Crippen LogP contribution >= 0.6 is 81.8 Å². The number of aromatic nitrogens is 4. The van der Waals surface area contributed by atoms with Gasteiger partial charge in [-0.25, -0.2) is 0 Å². The van der Waals surface area contributed by atoms with Crippen LogP contribution in [0.1, 0.15) is 91.6 Å². The summed E-state index contributed by atoms with van der Waals surface area (Å²) in [5.41, 5.74) is 8.67. The highest BCUT2D eigenvalue weighted by Gasteiger charge is 2.75. The van der Waals surface area contributed by atoms with E-state index in [9.17, 15) is 155 Å². The molecule has 0 amide bonds. The molecule has 0 bridgehead atoms. The first kappa shape index (κ1) is 107. The van der Waals surface area contributed by atoms with Crippen LogP contribution in [-0.2, 0) is 11.8 Å².